The Hall–Kier alpha value is -2.19. The number of carbonyl (C=O) groups is 1. The average Bonchev–Trinajstić information content (AvgIpc) is 2.77. The van der Waals surface area contributed by atoms with E-state index in [0.717, 1.165) is 0 Å². The number of nitrogens with zero attached hydrogens (tertiary/aromatic N) is 4. The minimum Gasteiger partial charge on any atom is -0.292 e. The van der Waals surface area contributed by atoms with Crippen molar-refractivity contribution in [1.82, 2.24) is 14.8 Å². The third-order valence-electron chi connectivity index (χ3n) is 2.09. The van der Waals surface area contributed by atoms with Gasteiger partial charge in [-0.2, -0.15) is 5.26 Å². The van der Waals surface area contributed by atoms with Crippen LogP contribution in [0.2, 0.25) is 5.02 Å². The first kappa shape index (κ1) is 11.3. The van der Waals surface area contributed by atoms with Crippen molar-refractivity contribution in [3.63, 3.8) is 0 Å². The standard InChI is InChI=1S/C11H7ClN4O/c12-9-3-1-2-8(4-9)10(17)6-16-7-14-11(5-13)15-16/h1-4,7H,6H2. The van der Waals surface area contributed by atoms with Crippen LogP contribution >= 0.6 is 11.6 Å². The molecule has 84 valence electrons. The molecule has 0 fully saturated rings. The topological polar surface area (TPSA) is 71.6 Å². The predicted molar refractivity (Wildman–Crippen MR) is 60.5 cm³/mol. The second kappa shape index (κ2) is 4.76. The van der Waals surface area contributed by atoms with Gasteiger partial charge in [0.05, 0.1) is 0 Å². The zero-order valence-corrected chi connectivity index (χ0v) is 9.42. The molecule has 6 heteroatoms. The van der Waals surface area contributed by atoms with E-state index in [1.807, 2.05) is 0 Å². The first-order valence-corrected chi connectivity index (χ1v) is 5.15. The van der Waals surface area contributed by atoms with Gasteiger partial charge >= 0.3 is 0 Å². The first-order chi connectivity index (χ1) is 8.19. The molecule has 0 spiro atoms. The number of nitriles is 1. The Labute approximate surface area is 102 Å². The summed E-state index contributed by atoms with van der Waals surface area (Å²) in [7, 11) is 0. The van der Waals surface area contributed by atoms with Gasteiger partial charge in [0.15, 0.2) is 5.78 Å². The number of hydrogen-bond acceptors (Lipinski definition) is 4. The monoisotopic (exact) mass is 246 g/mol. The number of halogens is 1. The molecule has 2 rings (SSSR count). The van der Waals surface area contributed by atoms with Crippen molar-refractivity contribution in [3.05, 3.63) is 47.0 Å². The molecule has 0 aliphatic rings. The van der Waals surface area contributed by atoms with Crippen molar-refractivity contribution in [2.24, 2.45) is 0 Å². The van der Waals surface area contributed by atoms with Gasteiger partial charge in [-0.1, -0.05) is 23.7 Å². The van der Waals surface area contributed by atoms with Crippen LogP contribution in [0.5, 0.6) is 0 Å². The third-order valence-corrected chi connectivity index (χ3v) is 2.32. The molecule has 0 aliphatic heterocycles. The predicted octanol–water partition coefficient (Wildman–Crippen LogP) is 1.69. The minimum atomic E-state index is -0.137. The van der Waals surface area contributed by atoms with Crippen molar-refractivity contribution in [3.8, 4) is 6.07 Å². The Kier molecular flexibility index (Phi) is 3.17. The van der Waals surface area contributed by atoms with Crippen LogP contribution in [-0.4, -0.2) is 20.5 Å². The molecule has 0 bridgehead atoms. The Morgan fingerprint density at radius 3 is 3.00 bits per heavy atom. The second-order valence-electron chi connectivity index (χ2n) is 3.31. The summed E-state index contributed by atoms with van der Waals surface area (Å²) in [5, 5.41) is 12.9. The number of hydrogen-bond donors (Lipinski definition) is 0. The Morgan fingerprint density at radius 2 is 2.35 bits per heavy atom. The maximum atomic E-state index is 11.8. The first-order valence-electron chi connectivity index (χ1n) is 4.77. The fourth-order valence-corrected chi connectivity index (χ4v) is 1.51. The largest absolute Gasteiger partial charge is 0.292 e. The van der Waals surface area contributed by atoms with Crippen molar-refractivity contribution < 1.29 is 4.79 Å². The van der Waals surface area contributed by atoms with E-state index in [-0.39, 0.29) is 18.2 Å². The number of ketones is 1. The molecule has 0 aliphatic carbocycles. The van der Waals surface area contributed by atoms with Gasteiger partial charge in [-0.3, -0.25) is 4.79 Å². The normalized spacial score (nSPS) is 9.88. The van der Waals surface area contributed by atoms with E-state index >= 15 is 0 Å². The third kappa shape index (κ3) is 2.68. The van der Waals surface area contributed by atoms with Gasteiger partial charge in [0, 0.05) is 10.6 Å². The van der Waals surface area contributed by atoms with Gasteiger partial charge in [-0.25, -0.2) is 9.67 Å². The molecule has 0 radical (unpaired) electrons. The lowest BCUT2D eigenvalue weighted by atomic mass is 10.1. The summed E-state index contributed by atoms with van der Waals surface area (Å²) in [6.45, 7) is 0.0367. The number of benzene rings is 1. The molecule has 2 aromatic rings. The molecule has 17 heavy (non-hydrogen) atoms. The summed E-state index contributed by atoms with van der Waals surface area (Å²) in [4.78, 5) is 15.5. The summed E-state index contributed by atoms with van der Waals surface area (Å²) in [6.07, 6.45) is 1.35. The molecule has 1 aromatic heterocycles. The van der Waals surface area contributed by atoms with Gasteiger partial charge in [0.25, 0.3) is 5.82 Å². The van der Waals surface area contributed by atoms with Crippen LogP contribution in [0.25, 0.3) is 0 Å². The highest BCUT2D eigenvalue weighted by Gasteiger charge is 2.08. The fourth-order valence-electron chi connectivity index (χ4n) is 1.32. The summed E-state index contributed by atoms with van der Waals surface area (Å²) in [5.41, 5.74) is 0.506. The molecule has 0 unspecified atom stereocenters. The van der Waals surface area contributed by atoms with Gasteiger partial charge in [-0.15, -0.1) is 5.10 Å². The number of Topliss-reactive ketones (excluding diaryl/α,β-unsaturated/α-hetero) is 1. The van der Waals surface area contributed by atoms with Crippen LogP contribution in [0.1, 0.15) is 16.2 Å². The Balaban J connectivity index is 2.14. The van der Waals surface area contributed by atoms with E-state index in [0.29, 0.717) is 10.6 Å². The molecule has 0 atom stereocenters. The zero-order valence-electron chi connectivity index (χ0n) is 8.67. The van der Waals surface area contributed by atoms with E-state index < -0.39 is 0 Å². The van der Waals surface area contributed by atoms with Crippen LogP contribution < -0.4 is 0 Å². The molecule has 0 saturated carbocycles. The molecular formula is C11H7ClN4O. The lowest BCUT2D eigenvalue weighted by Crippen LogP contribution is -2.11. The lowest BCUT2D eigenvalue weighted by molar-refractivity contribution is 0.0967. The summed E-state index contributed by atoms with van der Waals surface area (Å²) in [6, 6.07) is 8.46. The van der Waals surface area contributed by atoms with Gasteiger partial charge in [0.2, 0.25) is 0 Å². The summed E-state index contributed by atoms with van der Waals surface area (Å²) >= 11 is 5.79. The molecule has 0 N–H and O–H groups in total. The highest BCUT2D eigenvalue weighted by Crippen LogP contribution is 2.11. The number of carbonyl (C=O) groups excluding carboxylic acids is 1. The Bertz CT molecular complexity index is 600. The fraction of sp³-hybridized carbons (Fsp3) is 0.0909. The van der Waals surface area contributed by atoms with Crippen molar-refractivity contribution in [2.75, 3.05) is 0 Å². The minimum absolute atomic E-state index is 0.0367. The van der Waals surface area contributed by atoms with E-state index in [4.69, 9.17) is 16.9 Å². The highest BCUT2D eigenvalue weighted by atomic mass is 35.5. The number of rotatable bonds is 3. The zero-order chi connectivity index (χ0) is 12.3. The molecule has 1 heterocycles. The van der Waals surface area contributed by atoms with E-state index in [1.165, 1.54) is 11.0 Å². The van der Waals surface area contributed by atoms with Crippen molar-refractivity contribution in [2.45, 2.75) is 6.54 Å². The van der Waals surface area contributed by atoms with Crippen LogP contribution in [-0.2, 0) is 6.54 Å². The van der Waals surface area contributed by atoms with Crippen LogP contribution in [0.15, 0.2) is 30.6 Å². The maximum absolute atomic E-state index is 11.8. The SMILES string of the molecule is N#Cc1ncn(CC(=O)c2cccc(Cl)c2)n1. The Morgan fingerprint density at radius 1 is 1.53 bits per heavy atom. The summed E-state index contributed by atoms with van der Waals surface area (Å²) in [5.74, 6) is -0.0919. The van der Waals surface area contributed by atoms with Crippen molar-refractivity contribution >= 4 is 17.4 Å². The van der Waals surface area contributed by atoms with Crippen LogP contribution in [0.3, 0.4) is 0 Å². The smallest absolute Gasteiger partial charge is 0.252 e. The molecule has 5 nitrogen and oxygen atoms in total. The molecular weight excluding hydrogens is 240 g/mol. The number of aromatic nitrogens is 3. The van der Waals surface area contributed by atoms with E-state index in [9.17, 15) is 4.79 Å². The van der Waals surface area contributed by atoms with Gasteiger partial charge in [0.1, 0.15) is 18.9 Å². The maximum Gasteiger partial charge on any atom is 0.252 e. The van der Waals surface area contributed by atoms with Gasteiger partial charge in [-0.05, 0) is 12.1 Å². The average molecular weight is 247 g/mol. The van der Waals surface area contributed by atoms with E-state index in [2.05, 4.69) is 10.1 Å². The quantitative estimate of drug-likeness (QED) is 0.773. The van der Waals surface area contributed by atoms with E-state index in [1.54, 1.807) is 30.3 Å². The second-order valence-corrected chi connectivity index (χ2v) is 3.75. The van der Waals surface area contributed by atoms with Crippen LogP contribution in [0, 0.1) is 11.3 Å². The van der Waals surface area contributed by atoms with Crippen molar-refractivity contribution in [1.29, 1.82) is 5.26 Å². The molecule has 1 aromatic carbocycles. The lowest BCUT2D eigenvalue weighted by Gasteiger charge is -2.00. The highest BCUT2D eigenvalue weighted by molar-refractivity contribution is 6.31. The molecule has 0 amide bonds. The molecule has 0 saturated heterocycles. The van der Waals surface area contributed by atoms with Gasteiger partial charge < -0.3 is 0 Å². The summed E-state index contributed by atoms with van der Waals surface area (Å²) < 4.78 is 1.32. The van der Waals surface area contributed by atoms with Crippen LogP contribution in [0.4, 0.5) is 0 Å².